The second-order valence-electron chi connectivity index (χ2n) is 2.75. The molecule has 0 aliphatic carbocycles. The van der Waals surface area contributed by atoms with Gasteiger partial charge in [-0.2, -0.15) is 0 Å². The van der Waals surface area contributed by atoms with Crippen molar-refractivity contribution in [3.05, 3.63) is 0 Å². The summed E-state index contributed by atoms with van der Waals surface area (Å²) in [6.07, 6.45) is 0. The number of hydrogen-bond acceptors (Lipinski definition) is 4. The van der Waals surface area contributed by atoms with Crippen LogP contribution in [0.5, 0.6) is 0 Å². The summed E-state index contributed by atoms with van der Waals surface area (Å²) >= 11 is 0.627. The Balaban J connectivity index is 2.48. The summed E-state index contributed by atoms with van der Waals surface area (Å²) < 4.78 is 5.44. The van der Waals surface area contributed by atoms with Crippen molar-refractivity contribution in [2.75, 3.05) is 32.9 Å². The normalized spacial score (nSPS) is 25.7. The fourth-order valence-corrected chi connectivity index (χ4v) is 2.17. The number of morpholine rings is 1. The Morgan fingerprint density at radius 3 is 3.08 bits per heavy atom. The molecule has 1 rings (SSSR count). The average molecular weight is 278 g/mol. The van der Waals surface area contributed by atoms with Crippen molar-refractivity contribution >= 4 is 26.3 Å². The number of hydrogen-bond donors (Lipinski definition) is 1. The molecule has 1 heterocycles. The SMILES string of the molecule is O=[C]([SnH])C1COCCN1CCO. The molecule has 2 radical (unpaired) electrons. The molecule has 4 nitrogen and oxygen atoms in total. The number of nitrogens with zero attached hydrogens (tertiary/aromatic N) is 1. The van der Waals surface area contributed by atoms with Crippen LogP contribution in [0.15, 0.2) is 0 Å². The average Bonchev–Trinajstić information content (AvgIpc) is 2.05. The van der Waals surface area contributed by atoms with E-state index in [1.165, 1.54) is 0 Å². The molecule has 1 aliphatic heterocycles. The zero-order valence-electron chi connectivity index (χ0n) is 6.90. The van der Waals surface area contributed by atoms with Crippen LogP contribution in [0.3, 0.4) is 0 Å². The molecular weight excluding hydrogens is 265 g/mol. The topological polar surface area (TPSA) is 49.8 Å². The summed E-state index contributed by atoms with van der Waals surface area (Å²) in [4.78, 5) is 13.1. The van der Waals surface area contributed by atoms with Crippen molar-refractivity contribution in [2.45, 2.75) is 6.04 Å². The molecule has 0 bridgehead atoms. The zero-order chi connectivity index (χ0) is 8.97. The number of carbonyl (C=O) groups is 1. The van der Waals surface area contributed by atoms with Crippen LogP contribution in [0.4, 0.5) is 0 Å². The van der Waals surface area contributed by atoms with Gasteiger partial charge in [0.2, 0.25) is 0 Å². The van der Waals surface area contributed by atoms with Crippen LogP contribution in [-0.2, 0) is 9.53 Å². The summed E-state index contributed by atoms with van der Waals surface area (Å²) in [6.45, 7) is 2.63. The molecule has 1 saturated heterocycles. The molecule has 0 aromatic carbocycles. The number of β-amino-alcohol motifs (C(OH)–C–C–N with tert-alkyl or cyclic N) is 1. The van der Waals surface area contributed by atoms with E-state index in [0.29, 0.717) is 42.3 Å². The van der Waals surface area contributed by atoms with Gasteiger partial charge >= 0.3 is 84.8 Å². The zero-order valence-corrected chi connectivity index (χ0v) is 10.2. The van der Waals surface area contributed by atoms with E-state index in [9.17, 15) is 4.79 Å². The molecule has 12 heavy (non-hydrogen) atoms. The Kier molecular flexibility index (Phi) is 4.48. The minimum absolute atomic E-state index is 0.0895. The van der Waals surface area contributed by atoms with E-state index in [-0.39, 0.29) is 16.4 Å². The van der Waals surface area contributed by atoms with E-state index in [2.05, 4.69) is 0 Å². The molecule has 5 heteroatoms. The summed E-state index contributed by atoms with van der Waals surface area (Å²) in [5, 5.41) is 8.73. The summed E-state index contributed by atoms with van der Waals surface area (Å²) in [5.41, 5.74) is 0. The van der Waals surface area contributed by atoms with Crippen molar-refractivity contribution in [3.63, 3.8) is 0 Å². The van der Waals surface area contributed by atoms with E-state index < -0.39 is 0 Å². The third-order valence-electron chi connectivity index (χ3n) is 1.95. The Bertz CT molecular complexity index is 163. The van der Waals surface area contributed by atoms with Gasteiger partial charge in [0.1, 0.15) is 0 Å². The number of aliphatic hydroxyl groups excluding tert-OH is 1. The maximum atomic E-state index is 11.1. The van der Waals surface area contributed by atoms with Gasteiger partial charge in [0.15, 0.2) is 0 Å². The first kappa shape index (κ1) is 10.4. The molecule has 1 unspecified atom stereocenters. The molecule has 0 saturated carbocycles. The number of rotatable bonds is 3. The first-order valence-corrected chi connectivity index (χ1v) is 5.62. The Morgan fingerprint density at radius 2 is 2.50 bits per heavy atom. The third-order valence-corrected chi connectivity index (χ3v) is 3.05. The molecule has 1 N–H and O–H groups in total. The second-order valence-corrected chi connectivity index (χ2v) is 4.38. The van der Waals surface area contributed by atoms with Gasteiger partial charge in [-0.05, 0) is 0 Å². The summed E-state index contributed by atoms with van der Waals surface area (Å²) in [7, 11) is 0. The number of aliphatic hydroxyl groups is 1. The first-order chi connectivity index (χ1) is 5.75. The number of ether oxygens (including phenoxy) is 1. The molecule has 1 fully saturated rings. The van der Waals surface area contributed by atoms with E-state index in [1.807, 2.05) is 4.90 Å². The molecule has 0 aromatic rings. The van der Waals surface area contributed by atoms with Crippen LogP contribution in [0.1, 0.15) is 0 Å². The number of carbonyl (C=O) groups excluding carboxylic acids is 1. The van der Waals surface area contributed by atoms with Crippen LogP contribution < -0.4 is 0 Å². The predicted molar refractivity (Wildman–Crippen MR) is 45.4 cm³/mol. The molecule has 0 spiro atoms. The standard InChI is InChI=1S/C7H12NO3.Sn.H/c9-3-1-8-2-4-11-6-7(8)5-10;;/h7,9H,1-4,6H2;;. The van der Waals surface area contributed by atoms with Gasteiger partial charge in [-0.3, -0.25) is 0 Å². The molecule has 68 valence electrons. The van der Waals surface area contributed by atoms with E-state index in [4.69, 9.17) is 9.84 Å². The van der Waals surface area contributed by atoms with Gasteiger partial charge in [-0.1, -0.05) is 0 Å². The third kappa shape index (κ3) is 2.69. The van der Waals surface area contributed by atoms with Crippen LogP contribution in [-0.4, -0.2) is 75.3 Å². The summed E-state index contributed by atoms with van der Waals surface area (Å²) in [6, 6.07) is -0.0895. The molecule has 0 amide bonds. The quantitative estimate of drug-likeness (QED) is 0.613. The van der Waals surface area contributed by atoms with Crippen LogP contribution in [0.25, 0.3) is 0 Å². The van der Waals surface area contributed by atoms with Gasteiger partial charge < -0.3 is 0 Å². The van der Waals surface area contributed by atoms with Crippen LogP contribution in [0, 0.1) is 0 Å². The molecular formula is C7H13NO3Sn. The van der Waals surface area contributed by atoms with Crippen molar-refractivity contribution < 1.29 is 14.6 Å². The Morgan fingerprint density at radius 1 is 1.75 bits per heavy atom. The molecule has 1 atom stereocenters. The Hall–Kier alpha value is 0.349. The van der Waals surface area contributed by atoms with Crippen LogP contribution in [0.2, 0.25) is 0 Å². The van der Waals surface area contributed by atoms with Crippen molar-refractivity contribution in [1.82, 2.24) is 4.90 Å². The summed E-state index contributed by atoms with van der Waals surface area (Å²) in [5.74, 6) is 0. The predicted octanol–water partition coefficient (Wildman–Crippen LogP) is -1.89. The van der Waals surface area contributed by atoms with E-state index in [0.717, 1.165) is 6.54 Å². The Labute approximate surface area is 85.0 Å². The van der Waals surface area contributed by atoms with Gasteiger partial charge in [0, 0.05) is 0 Å². The maximum absolute atomic E-state index is 11.1. The van der Waals surface area contributed by atoms with Gasteiger partial charge in [0.25, 0.3) is 0 Å². The van der Waals surface area contributed by atoms with Gasteiger partial charge in [-0.15, -0.1) is 0 Å². The van der Waals surface area contributed by atoms with Crippen molar-refractivity contribution in [2.24, 2.45) is 0 Å². The van der Waals surface area contributed by atoms with Gasteiger partial charge in [-0.25, -0.2) is 0 Å². The van der Waals surface area contributed by atoms with Crippen molar-refractivity contribution in [3.8, 4) is 0 Å². The fraction of sp³-hybridized carbons (Fsp3) is 0.857. The first-order valence-electron chi connectivity index (χ1n) is 3.97. The van der Waals surface area contributed by atoms with Crippen LogP contribution >= 0.6 is 0 Å². The molecule has 1 aliphatic rings. The second kappa shape index (κ2) is 5.16. The van der Waals surface area contributed by atoms with E-state index >= 15 is 0 Å². The molecule has 0 aromatic heterocycles. The van der Waals surface area contributed by atoms with Crippen molar-refractivity contribution in [1.29, 1.82) is 0 Å². The van der Waals surface area contributed by atoms with Gasteiger partial charge in [0.05, 0.1) is 0 Å². The monoisotopic (exact) mass is 279 g/mol. The fourth-order valence-electron chi connectivity index (χ4n) is 1.30. The van der Waals surface area contributed by atoms with E-state index in [1.54, 1.807) is 0 Å². The minimum atomic E-state index is -0.0895.